The third-order valence-electron chi connectivity index (χ3n) is 6.38. The molecule has 1 aliphatic heterocycles. The molecule has 0 radical (unpaired) electrons. The lowest BCUT2D eigenvalue weighted by Gasteiger charge is -2.22. The van der Waals surface area contributed by atoms with Crippen LogP contribution in [0.3, 0.4) is 0 Å². The van der Waals surface area contributed by atoms with Gasteiger partial charge in [-0.15, -0.1) is 0 Å². The summed E-state index contributed by atoms with van der Waals surface area (Å²) < 4.78 is 0. The molecular formula is C24H24N4O4. The number of amides is 5. The Balaban J connectivity index is 1.17. The number of benzene rings is 2. The minimum absolute atomic E-state index is 0.0438. The maximum atomic E-state index is 13.1. The van der Waals surface area contributed by atoms with E-state index in [9.17, 15) is 19.2 Å². The number of nitrogens with zero attached hydrogens (tertiary/aromatic N) is 1. The summed E-state index contributed by atoms with van der Waals surface area (Å²) in [5, 5.41) is 8.44. The predicted molar refractivity (Wildman–Crippen MR) is 116 cm³/mol. The fourth-order valence-corrected chi connectivity index (χ4v) is 4.43. The van der Waals surface area contributed by atoms with Gasteiger partial charge in [0.25, 0.3) is 5.91 Å². The Morgan fingerprint density at radius 1 is 1.06 bits per heavy atom. The van der Waals surface area contributed by atoms with Crippen LogP contribution in [0.2, 0.25) is 0 Å². The lowest BCUT2D eigenvalue weighted by molar-refractivity contribution is -0.135. The summed E-state index contributed by atoms with van der Waals surface area (Å²) >= 11 is 0. The number of anilines is 1. The molecule has 3 N–H and O–H groups in total. The molecule has 0 bridgehead atoms. The maximum absolute atomic E-state index is 13.1. The monoisotopic (exact) mass is 432 g/mol. The zero-order valence-electron chi connectivity index (χ0n) is 17.5. The minimum Gasteiger partial charge on any atom is -0.350 e. The van der Waals surface area contributed by atoms with Gasteiger partial charge in [0.05, 0.1) is 0 Å². The predicted octanol–water partition coefficient (Wildman–Crippen LogP) is 2.04. The van der Waals surface area contributed by atoms with E-state index < -0.39 is 17.5 Å². The Hall–Kier alpha value is -3.68. The third-order valence-corrected chi connectivity index (χ3v) is 6.38. The van der Waals surface area contributed by atoms with Crippen LogP contribution in [0.4, 0.5) is 10.5 Å². The zero-order chi connectivity index (χ0) is 22.3. The fourth-order valence-electron chi connectivity index (χ4n) is 4.43. The van der Waals surface area contributed by atoms with E-state index in [0.717, 1.165) is 40.1 Å². The molecule has 32 heavy (non-hydrogen) atoms. The van der Waals surface area contributed by atoms with Crippen molar-refractivity contribution in [2.45, 2.75) is 37.8 Å². The zero-order valence-corrected chi connectivity index (χ0v) is 17.5. The van der Waals surface area contributed by atoms with Gasteiger partial charge in [-0.05, 0) is 54.5 Å². The average Bonchev–Trinajstić information content (AvgIpc) is 3.55. The Morgan fingerprint density at radius 2 is 1.81 bits per heavy atom. The summed E-state index contributed by atoms with van der Waals surface area (Å²) in [4.78, 5) is 50.9. The molecule has 164 valence electrons. The molecule has 1 saturated carbocycles. The quantitative estimate of drug-likeness (QED) is 0.607. The molecule has 2 fully saturated rings. The summed E-state index contributed by atoms with van der Waals surface area (Å²) in [6.45, 7) is -0.0720. The molecule has 5 amide bonds. The van der Waals surface area contributed by atoms with Crippen molar-refractivity contribution in [3.05, 3.63) is 65.2 Å². The number of aryl methyl sites for hydroxylation is 1. The standard InChI is InChI=1S/C24H24N4O4/c29-20(25-13-15-5-9-18(10-6-15)26-21(30)17-7-8-17)14-28-22(31)24(27-23(28)32)12-11-16-3-1-2-4-19(16)24/h1-6,9-10,17H,7-8,11-14H2,(H,25,29)(H,26,30)(H,27,32). The van der Waals surface area contributed by atoms with E-state index in [2.05, 4.69) is 16.0 Å². The molecular weight excluding hydrogens is 408 g/mol. The van der Waals surface area contributed by atoms with Gasteiger partial charge in [0, 0.05) is 18.2 Å². The van der Waals surface area contributed by atoms with Crippen LogP contribution in [0.25, 0.3) is 0 Å². The summed E-state index contributed by atoms with van der Waals surface area (Å²) in [7, 11) is 0. The van der Waals surface area contributed by atoms with Crippen molar-refractivity contribution in [3.63, 3.8) is 0 Å². The fraction of sp³-hybridized carbons (Fsp3) is 0.333. The number of carbonyl (C=O) groups excluding carboxylic acids is 4. The van der Waals surface area contributed by atoms with Gasteiger partial charge in [0.2, 0.25) is 11.8 Å². The SMILES string of the molecule is O=C(CN1C(=O)NC2(CCc3ccccc32)C1=O)NCc1ccc(NC(=O)C2CC2)cc1. The van der Waals surface area contributed by atoms with Crippen LogP contribution in [0, 0.1) is 5.92 Å². The normalized spacial score (nSPS) is 21.4. The first-order valence-corrected chi connectivity index (χ1v) is 10.9. The number of fused-ring (bicyclic) bond motifs is 2. The number of urea groups is 1. The summed E-state index contributed by atoms with van der Waals surface area (Å²) in [5.74, 6) is -0.611. The molecule has 1 heterocycles. The second-order valence-corrected chi connectivity index (χ2v) is 8.62. The van der Waals surface area contributed by atoms with Gasteiger partial charge in [-0.25, -0.2) is 4.79 Å². The van der Waals surface area contributed by atoms with Crippen LogP contribution >= 0.6 is 0 Å². The first-order chi connectivity index (χ1) is 15.5. The van der Waals surface area contributed by atoms with Crippen molar-refractivity contribution in [1.29, 1.82) is 0 Å². The Morgan fingerprint density at radius 3 is 2.56 bits per heavy atom. The Kier molecular flexibility index (Phi) is 4.92. The van der Waals surface area contributed by atoms with Crippen molar-refractivity contribution in [2.24, 2.45) is 5.92 Å². The number of carbonyl (C=O) groups is 4. The summed E-state index contributed by atoms with van der Waals surface area (Å²) in [6, 6.07) is 14.3. The smallest absolute Gasteiger partial charge is 0.325 e. The van der Waals surface area contributed by atoms with Crippen LogP contribution in [-0.2, 0) is 32.9 Å². The Bertz CT molecular complexity index is 1110. The molecule has 1 unspecified atom stereocenters. The molecule has 5 rings (SSSR count). The van der Waals surface area contributed by atoms with E-state index in [4.69, 9.17) is 0 Å². The molecule has 8 nitrogen and oxygen atoms in total. The first kappa shape index (κ1) is 20.2. The number of rotatable bonds is 6. The first-order valence-electron chi connectivity index (χ1n) is 10.9. The largest absolute Gasteiger partial charge is 0.350 e. The molecule has 2 aliphatic carbocycles. The Labute approximate surface area is 185 Å². The van der Waals surface area contributed by atoms with E-state index in [-0.39, 0.29) is 30.8 Å². The third kappa shape index (κ3) is 3.62. The van der Waals surface area contributed by atoms with Crippen molar-refractivity contribution in [3.8, 4) is 0 Å². The molecule has 3 aliphatic rings. The number of nitrogens with one attached hydrogen (secondary N) is 3. The highest BCUT2D eigenvalue weighted by atomic mass is 16.2. The van der Waals surface area contributed by atoms with Crippen molar-refractivity contribution in [1.82, 2.24) is 15.5 Å². The summed E-state index contributed by atoms with van der Waals surface area (Å²) in [5.41, 5.74) is 2.37. The van der Waals surface area contributed by atoms with E-state index in [1.807, 2.05) is 36.4 Å². The molecule has 1 spiro atoms. The van der Waals surface area contributed by atoms with Gasteiger partial charge in [-0.2, -0.15) is 0 Å². The average molecular weight is 432 g/mol. The van der Waals surface area contributed by atoms with Crippen LogP contribution in [-0.4, -0.2) is 35.2 Å². The van der Waals surface area contributed by atoms with Crippen molar-refractivity contribution < 1.29 is 19.2 Å². The van der Waals surface area contributed by atoms with Crippen molar-refractivity contribution in [2.75, 3.05) is 11.9 Å². The number of imide groups is 1. The van der Waals surface area contributed by atoms with E-state index in [0.29, 0.717) is 12.8 Å². The lowest BCUT2D eigenvalue weighted by Crippen LogP contribution is -2.43. The van der Waals surface area contributed by atoms with Crippen LogP contribution in [0.1, 0.15) is 36.0 Å². The van der Waals surface area contributed by atoms with Crippen molar-refractivity contribution >= 4 is 29.4 Å². The summed E-state index contributed by atoms with van der Waals surface area (Å²) in [6.07, 6.45) is 3.10. The van der Waals surface area contributed by atoms with Gasteiger partial charge in [0.15, 0.2) is 0 Å². The minimum atomic E-state index is -1.06. The molecule has 8 heteroatoms. The highest BCUT2D eigenvalue weighted by Crippen LogP contribution is 2.41. The highest BCUT2D eigenvalue weighted by Gasteiger charge is 2.55. The van der Waals surface area contributed by atoms with E-state index in [1.54, 1.807) is 12.1 Å². The topological polar surface area (TPSA) is 108 Å². The molecule has 2 aromatic carbocycles. The van der Waals surface area contributed by atoms with Gasteiger partial charge >= 0.3 is 6.03 Å². The van der Waals surface area contributed by atoms with Crippen LogP contribution < -0.4 is 16.0 Å². The van der Waals surface area contributed by atoms with E-state index in [1.165, 1.54) is 0 Å². The van der Waals surface area contributed by atoms with Crippen LogP contribution in [0.5, 0.6) is 0 Å². The number of hydrogen-bond donors (Lipinski definition) is 3. The van der Waals surface area contributed by atoms with Gasteiger partial charge in [-0.1, -0.05) is 36.4 Å². The lowest BCUT2D eigenvalue weighted by atomic mass is 9.92. The van der Waals surface area contributed by atoms with Gasteiger partial charge in [0.1, 0.15) is 12.1 Å². The molecule has 0 aromatic heterocycles. The maximum Gasteiger partial charge on any atom is 0.325 e. The second-order valence-electron chi connectivity index (χ2n) is 8.62. The molecule has 1 atom stereocenters. The van der Waals surface area contributed by atoms with Gasteiger partial charge in [-0.3, -0.25) is 19.3 Å². The van der Waals surface area contributed by atoms with Crippen LogP contribution in [0.15, 0.2) is 48.5 Å². The van der Waals surface area contributed by atoms with Gasteiger partial charge < -0.3 is 16.0 Å². The van der Waals surface area contributed by atoms with E-state index >= 15 is 0 Å². The highest BCUT2D eigenvalue weighted by molar-refractivity contribution is 6.09. The second kappa shape index (κ2) is 7.78. The molecule has 2 aromatic rings. The molecule has 1 saturated heterocycles. The number of hydrogen-bond acceptors (Lipinski definition) is 4.